The number of rotatable bonds is 0. The van der Waals surface area contributed by atoms with Crippen LogP contribution in [0.4, 0.5) is 5.69 Å². The van der Waals surface area contributed by atoms with Crippen molar-refractivity contribution in [1.29, 1.82) is 0 Å². The molecule has 0 aliphatic rings. The molecule has 0 heterocycles. The number of nitrogen functional groups attached to an aromatic ring is 1. The van der Waals surface area contributed by atoms with E-state index >= 15 is 0 Å². The minimum atomic E-state index is 0.655. The number of hydrogen-bond donors (Lipinski definition) is 3. The van der Waals surface area contributed by atoms with E-state index in [2.05, 4.69) is 12.6 Å². The fourth-order valence-corrected chi connectivity index (χ4v) is 0.979. The van der Waals surface area contributed by atoms with Crippen LogP contribution < -0.4 is 5.73 Å². The van der Waals surface area contributed by atoms with Gasteiger partial charge in [0.25, 0.3) is 0 Å². The molecule has 0 radical (unpaired) electrons. The minimum Gasteiger partial charge on any atom is -0.400 e. The second kappa shape index (κ2) is 5.29. The minimum absolute atomic E-state index is 0.655. The van der Waals surface area contributed by atoms with Gasteiger partial charge < -0.3 is 10.8 Å². The molecule has 2 nitrogen and oxygen atoms in total. The standard InChI is InChI=1S/C6H6ClNS.CH4O/c7-4-1-2-5(8)6(9)3-4;1-2/h1-3,9H,8H2;2H,1H3. The fourth-order valence-electron chi connectivity index (χ4n) is 0.517. The predicted molar refractivity (Wildman–Crippen MR) is 51.3 cm³/mol. The third-order valence-electron chi connectivity index (χ3n) is 0.992. The van der Waals surface area contributed by atoms with E-state index in [4.69, 9.17) is 22.4 Å². The van der Waals surface area contributed by atoms with Crippen LogP contribution in [0.1, 0.15) is 0 Å². The third kappa shape index (κ3) is 3.51. The van der Waals surface area contributed by atoms with Gasteiger partial charge in [-0.1, -0.05) is 11.6 Å². The van der Waals surface area contributed by atoms with E-state index in [1.807, 2.05) is 0 Å². The number of thiol groups is 1. The van der Waals surface area contributed by atoms with Gasteiger partial charge in [-0.05, 0) is 18.2 Å². The average molecular weight is 192 g/mol. The monoisotopic (exact) mass is 191 g/mol. The highest BCUT2D eigenvalue weighted by atomic mass is 35.5. The summed E-state index contributed by atoms with van der Waals surface area (Å²) in [6, 6.07) is 5.17. The molecule has 0 fully saturated rings. The molecular weight excluding hydrogens is 182 g/mol. The molecule has 0 atom stereocenters. The summed E-state index contributed by atoms with van der Waals surface area (Å²) >= 11 is 9.67. The molecule has 11 heavy (non-hydrogen) atoms. The van der Waals surface area contributed by atoms with Gasteiger partial charge in [0.15, 0.2) is 0 Å². The van der Waals surface area contributed by atoms with E-state index in [0.29, 0.717) is 10.7 Å². The fraction of sp³-hybridized carbons (Fsp3) is 0.143. The molecule has 0 aliphatic heterocycles. The lowest BCUT2D eigenvalue weighted by Gasteiger charge is -1.96. The summed E-state index contributed by atoms with van der Waals surface area (Å²) in [6.45, 7) is 0. The lowest BCUT2D eigenvalue weighted by atomic mass is 10.3. The number of aliphatic hydroxyl groups is 1. The van der Waals surface area contributed by atoms with Crippen LogP contribution >= 0.6 is 24.2 Å². The number of benzene rings is 1. The second-order valence-corrected chi connectivity index (χ2v) is 2.62. The van der Waals surface area contributed by atoms with Crippen molar-refractivity contribution in [3.05, 3.63) is 23.2 Å². The lowest BCUT2D eigenvalue weighted by molar-refractivity contribution is 0.399. The first-order chi connectivity index (χ1) is 5.20. The van der Waals surface area contributed by atoms with Crippen molar-refractivity contribution < 1.29 is 5.11 Å². The Bertz CT molecular complexity index is 230. The number of nitrogens with two attached hydrogens (primary N) is 1. The summed E-state index contributed by atoms with van der Waals surface area (Å²) < 4.78 is 0. The summed E-state index contributed by atoms with van der Waals surface area (Å²) in [5.74, 6) is 0. The number of halogens is 1. The third-order valence-corrected chi connectivity index (χ3v) is 1.61. The first-order valence-electron chi connectivity index (χ1n) is 2.89. The number of hydrogen-bond acceptors (Lipinski definition) is 3. The van der Waals surface area contributed by atoms with Crippen molar-refractivity contribution in [2.45, 2.75) is 4.90 Å². The molecule has 62 valence electrons. The molecule has 0 amide bonds. The van der Waals surface area contributed by atoms with E-state index in [1.165, 1.54) is 0 Å². The molecular formula is C7H10ClNOS. The van der Waals surface area contributed by atoms with Crippen LogP contribution in [0.5, 0.6) is 0 Å². The summed E-state index contributed by atoms with van der Waals surface area (Å²) in [5, 5.41) is 7.66. The highest BCUT2D eigenvalue weighted by molar-refractivity contribution is 7.80. The molecule has 0 aromatic heterocycles. The van der Waals surface area contributed by atoms with Crippen molar-refractivity contribution in [2.75, 3.05) is 12.8 Å². The maximum atomic E-state index is 7.00. The van der Waals surface area contributed by atoms with Gasteiger partial charge in [-0.15, -0.1) is 12.6 Å². The van der Waals surface area contributed by atoms with Crippen molar-refractivity contribution in [3.8, 4) is 0 Å². The Morgan fingerprint density at radius 3 is 2.36 bits per heavy atom. The Hall–Kier alpha value is -0.380. The molecule has 0 unspecified atom stereocenters. The Morgan fingerprint density at radius 2 is 2.00 bits per heavy atom. The van der Waals surface area contributed by atoms with Crippen LogP contribution in [-0.2, 0) is 0 Å². The SMILES string of the molecule is CO.Nc1ccc(Cl)cc1S. The van der Waals surface area contributed by atoms with E-state index in [1.54, 1.807) is 18.2 Å². The van der Waals surface area contributed by atoms with Gasteiger partial charge in [-0.3, -0.25) is 0 Å². The van der Waals surface area contributed by atoms with Gasteiger partial charge in [0.2, 0.25) is 0 Å². The van der Waals surface area contributed by atoms with E-state index in [-0.39, 0.29) is 0 Å². The van der Waals surface area contributed by atoms with Gasteiger partial charge in [0, 0.05) is 22.7 Å². The molecule has 0 bridgehead atoms. The summed E-state index contributed by atoms with van der Waals surface area (Å²) in [4.78, 5) is 0.725. The zero-order valence-corrected chi connectivity index (χ0v) is 7.73. The van der Waals surface area contributed by atoms with E-state index in [0.717, 1.165) is 12.0 Å². The summed E-state index contributed by atoms with van der Waals surface area (Å²) in [6.07, 6.45) is 0. The van der Waals surface area contributed by atoms with Crippen molar-refractivity contribution >= 4 is 29.9 Å². The molecule has 0 saturated heterocycles. The van der Waals surface area contributed by atoms with Crippen LogP contribution in [0, 0.1) is 0 Å². The largest absolute Gasteiger partial charge is 0.400 e. The Balaban J connectivity index is 0.000000461. The smallest absolute Gasteiger partial charge is 0.0450 e. The summed E-state index contributed by atoms with van der Waals surface area (Å²) in [5.41, 5.74) is 6.11. The average Bonchev–Trinajstić information content (AvgIpc) is 2.02. The van der Waals surface area contributed by atoms with Gasteiger partial charge in [-0.25, -0.2) is 0 Å². The predicted octanol–water partition coefficient (Wildman–Crippen LogP) is 1.82. The first kappa shape index (κ1) is 10.6. The maximum Gasteiger partial charge on any atom is 0.0450 e. The van der Waals surface area contributed by atoms with Gasteiger partial charge in [-0.2, -0.15) is 0 Å². The topological polar surface area (TPSA) is 46.2 Å². The van der Waals surface area contributed by atoms with Crippen LogP contribution in [0.3, 0.4) is 0 Å². The molecule has 1 aromatic carbocycles. The molecule has 1 aromatic rings. The number of aliphatic hydroxyl groups excluding tert-OH is 1. The van der Waals surface area contributed by atoms with Gasteiger partial charge >= 0.3 is 0 Å². The zero-order chi connectivity index (χ0) is 8.85. The van der Waals surface area contributed by atoms with Gasteiger partial charge in [0.1, 0.15) is 0 Å². The van der Waals surface area contributed by atoms with Crippen LogP contribution in [0.15, 0.2) is 23.1 Å². The molecule has 4 heteroatoms. The van der Waals surface area contributed by atoms with Crippen LogP contribution in [-0.4, -0.2) is 12.2 Å². The molecule has 1 rings (SSSR count). The van der Waals surface area contributed by atoms with E-state index < -0.39 is 0 Å². The van der Waals surface area contributed by atoms with Crippen molar-refractivity contribution in [2.24, 2.45) is 0 Å². The first-order valence-corrected chi connectivity index (χ1v) is 3.71. The number of anilines is 1. The maximum absolute atomic E-state index is 7.00. The van der Waals surface area contributed by atoms with Crippen molar-refractivity contribution in [1.82, 2.24) is 0 Å². The van der Waals surface area contributed by atoms with Crippen LogP contribution in [0.25, 0.3) is 0 Å². The summed E-state index contributed by atoms with van der Waals surface area (Å²) in [7, 11) is 1.00. The highest BCUT2D eigenvalue weighted by Gasteiger charge is 1.92. The highest BCUT2D eigenvalue weighted by Crippen LogP contribution is 2.20. The molecule has 3 N–H and O–H groups in total. The van der Waals surface area contributed by atoms with Crippen molar-refractivity contribution in [3.63, 3.8) is 0 Å². The quantitative estimate of drug-likeness (QED) is 0.433. The second-order valence-electron chi connectivity index (χ2n) is 1.70. The van der Waals surface area contributed by atoms with E-state index in [9.17, 15) is 0 Å². The molecule has 0 spiro atoms. The molecule has 0 saturated carbocycles. The zero-order valence-electron chi connectivity index (χ0n) is 6.08. The van der Waals surface area contributed by atoms with Crippen LogP contribution in [0.2, 0.25) is 5.02 Å². The Labute approximate surface area is 76.4 Å². The molecule has 0 aliphatic carbocycles. The Morgan fingerprint density at radius 1 is 1.45 bits per heavy atom. The Kier molecular flexibility index (Phi) is 5.11. The lowest BCUT2D eigenvalue weighted by Crippen LogP contribution is -1.84. The van der Waals surface area contributed by atoms with Gasteiger partial charge in [0.05, 0.1) is 0 Å². The normalized spacial score (nSPS) is 8.36.